The SMILES string of the molecule is Cc1ccc([N+](=O)[O-])c(C(=O)C2(C)CCCS2)c1. The van der Waals surface area contributed by atoms with Gasteiger partial charge in [0, 0.05) is 6.07 Å². The molecule has 0 spiro atoms. The third-order valence-corrected chi connectivity index (χ3v) is 4.81. The Morgan fingerprint density at radius 3 is 2.78 bits per heavy atom. The largest absolute Gasteiger partial charge is 0.292 e. The summed E-state index contributed by atoms with van der Waals surface area (Å²) >= 11 is 1.60. The Hall–Kier alpha value is -1.36. The van der Waals surface area contributed by atoms with Crippen LogP contribution in [0.2, 0.25) is 0 Å². The summed E-state index contributed by atoms with van der Waals surface area (Å²) in [6.45, 7) is 3.73. The molecular formula is C13H15NO3S. The number of Topliss-reactive ketones (excluding diaryl/α,β-unsaturated/α-hetero) is 1. The molecule has 1 saturated heterocycles. The summed E-state index contributed by atoms with van der Waals surface area (Å²) in [6, 6.07) is 4.72. The molecule has 1 unspecified atom stereocenters. The first-order valence-electron chi connectivity index (χ1n) is 5.88. The number of thioether (sulfide) groups is 1. The van der Waals surface area contributed by atoms with E-state index in [1.165, 1.54) is 6.07 Å². The summed E-state index contributed by atoms with van der Waals surface area (Å²) in [5.41, 5.74) is 1.03. The Balaban J connectivity index is 2.46. The van der Waals surface area contributed by atoms with Gasteiger partial charge in [-0.3, -0.25) is 14.9 Å². The van der Waals surface area contributed by atoms with Crippen LogP contribution < -0.4 is 0 Å². The second-order valence-corrected chi connectivity index (χ2v) is 6.39. The number of benzene rings is 1. The Morgan fingerprint density at radius 2 is 2.22 bits per heavy atom. The third-order valence-electron chi connectivity index (χ3n) is 3.29. The van der Waals surface area contributed by atoms with Gasteiger partial charge in [0.2, 0.25) is 0 Å². The lowest BCUT2D eigenvalue weighted by Crippen LogP contribution is -2.29. The molecule has 1 aromatic rings. The Morgan fingerprint density at radius 1 is 1.50 bits per heavy atom. The van der Waals surface area contributed by atoms with E-state index in [1.807, 2.05) is 13.8 Å². The van der Waals surface area contributed by atoms with Crippen LogP contribution in [0.25, 0.3) is 0 Å². The predicted molar refractivity (Wildman–Crippen MR) is 72.3 cm³/mol. The van der Waals surface area contributed by atoms with E-state index in [1.54, 1.807) is 23.9 Å². The van der Waals surface area contributed by atoms with Crippen LogP contribution >= 0.6 is 11.8 Å². The number of aryl methyl sites for hydroxylation is 1. The third kappa shape index (κ3) is 2.27. The van der Waals surface area contributed by atoms with E-state index in [0.717, 1.165) is 24.2 Å². The van der Waals surface area contributed by atoms with E-state index in [0.29, 0.717) is 0 Å². The lowest BCUT2D eigenvalue weighted by atomic mass is 9.93. The topological polar surface area (TPSA) is 60.2 Å². The van der Waals surface area contributed by atoms with Crippen LogP contribution in [0.1, 0.15) is 35.7 Å². The van der Waals surface area contributed by atoms with Crippen LogP contribution in [0, 0.1) is 17.0 Å². The molecule has 0 aromatic heterocycles. The Labute approximate surface area is 110 Å². The van der Waals surface area contributed by atoms with E-state index in [9.17, 15) is 14.9 Å². The molecule has 0 N–H and O–H groups in total. The molecule has 1 fully saturated rings. The number of hydrogen-bond acceptors (Lipinski definition) is 4. The lowest BCUT2D eigenvalue weighted by molar-refractivity contribution is -0.385. The molecule has 0 amide bonds. The van der Waals surface area contributed by atoms with Crippen LogP contribution in [-0.2, 0) is 0 Å². The second kappa shape index (κ2) is 4.72. The van der Waals surface area contributed by atoms with Crippen molar-refractivity contribution < 1.29 is 9.72 Å². The van der Waals surface area contributed by atoms with Crippen LogP contribution in [-0.4, -0.2) is 21.2 Å². The van der Waals surface area contributed by atoms with Gasteiger partial charge in [-0.05, 0) is 44.1 Å². The summed E-state index contributed by atoms with van der Waals surface area (Å²) in [7, 11) is 0. The molecule has 4 nitrogen and oxygen atoms in total. The lowest BCUT2D eigenvalue weighted by Gasteiger charge is -2.20. The maximum absolute atomic E-state index is 12.5. The van der Waals surface area contributed by atoms with Gasteiger partial charge in [-0.25, -0.2) is 0 Å². The molecule has 18 heavy (non-hydrogen) atoms. The van der Waals surface area contributed by atoms with Crippen LogP contribution in [0.4, 0.5) is 5.69 Å². The molecule has 2 rings (SSSR count). The van der Waals surface area contributed by atoms with Crippen LogP contribution in [0.5, 0.6) is 0 Å². The highest BCUT2D eigenvalue weighted by Crippen LogP contribution is 2.41. The maximum Gasteiger partial charge on any atom is 0.280 e. The molecule has 1 heterocycles. The van der Waals surface area contributed by atoms with Gasteiger partial charge < -0.3 is 0 Å². The summed E-state index contributed by atoms with van der Waals surface area (Å²) in [4.78, 5) is 23.0. The molecule has 0 radical (unpaired) electrons. The smallest absolute Gasteiger partial charge is 0.280 e. The van der Waals surface area contributed by atoms with E-state index >= 15 is 0 Å². The number of nitro groups is 1. The average Bonchev–Trinajstić information content (AvgIpc) is 2.76. The highest BCUT2D eigenvalue weighted by Gasteiger charge is 2.40. The van der Waals surface area contributed by atoms with Crippen molar-refractivity contribution in [1.29, 1.82) is 0 Å². The molecule has 0 bridgehead atoms. The molecular weight excluding hydrogens is 250 g/mol. The number of ketones is 1. The molecule has 1 aliphatic heterocycles. The van der Waals surface area contributed by atoms with E-state index in [4.69, 9.17) is 0 Å². The van der Waals surface area contributed by atoms with Gasteiger partial charge in [0.25, 0.3) is 5.69 Å². The molecule has 96 valence electrons. The number of nitro benzene ring substituents is 1. The average molecular weight is 265 g/mol. The first-order chi connectivity index (χ1) is 8.44. The Bertz CT molecular complexity index is 507. The minimum absolute atomic E-state index is 0.0840. The van der Waals surface area contributed by atoms with Crippen molar-refractivity contribution in [3.05, 3.63) is 39.4 Å². The minimum atomic E-state index is -0.501. The van der Waals surface area contributed by atoms with Gasteiger partial charge in [-0.15, -0.1) is 11.8 Å². The van der Waals surface area contributed by atoms with E-state index in [-0.39, 0.29) is 17.0 Å². The highest BCUT2D eigenvalue weighted by atomic mass is 32.2. The number of rotatable bonds is 3. The van der Waals surface area contributed by atoms with Crippen molar-refractivity contribution in [1.82, 2.24) is 0 Å². The van der Waals surface area contributed by atoms with E-state index < -0.39 is 9.67 Å². The first kappa shape index (κ1) is 13.1. The summed E-state index contributed by atoms with van der Waals surface area (Å²) in [5.74, 6) is 0.836. The summed E-state index contributed by atoms with van der Waals surface area (Å²) in [5, 5.41) is 11.0. The van der Waals surface area contributed by atoms with Crippen molar-refractivity contribution in [2.75, 3.05) is 5.75 Å². The molecule has 0 saturated carbocycles. The van der Waals surface area contributed by atoms with Crippen molar-refractivity contribution >= 4 is 23.2 Å². The minimum Gasteiger partial charge on any atom is -0.292 e. The highest BCUT2D eigenvalue weighted by molar-refractivity contribution is 8.01. The fraction of sp³-hybridized carbons (Fsp3) is 0.462. The van der Waals surface area contributed by atoms with Gasteiger partial charge >= 0.3 is 0 Å². The zero-order valence-corrected chi connectivity index (χ0v) is 11.3. The normalized spacial score (nSPS) is 23.0. The quantitative estimate of drug-likeness (QED) is 0.477. The van der Waals surface area contributed by atoms with Gasteiger partial charge in [0.15, 0.2) is 5.78 Å². The molecule has 0 aliphatic carbocycles. The number of carbonyl (C=O) groups is 1. The zero-order chi connectivity index (χ0) is 13.3. The van der Waals surface area contributed by atoms with Crippen molar-refractivity contribution in [2.24, 2.45) is 0 Å². The van der Waals surface area contributed by atoms with Gasteiger partial charge in [-0.1, -0.05) is 6.07 Å². The first-order valence-corrected chi connectivity index (χ1v) is 6.86. The van der Waals surface area contributed by atoms with Gasteiger partial charge in [0.05, 0.1) is 15.2 Å². The summed E-state index contributed by atoms with van der Waals surface area (Å²) < 4.78 is -0.501. The fourth-order valence-corrected chi connectivity index (χ4v) is 3.50. The van der Waals surface area contributed by atoms with Gasteiger partial charge in [0.1, 0.15) is 0 Å². The molecule has 1 atom stereocenters. The summed E-state index contributed by atoms with van der Waals surface area (Å²) in [6.07, 6.45) is 1.79. The Kier molecular flexibility index (Phi) is 3.43. The van der Waals surface area contributed by atoms with E-state index in [2.05, 4.69) is 0 Å². The standard InChI is InChI=1S/C13H15NO3S/c1-9-4-5-11(14(16)17)10(8-9)12(15)13(2)6-3-7-18-13/h4-5,8H,3,6-7H2,1-2H3. The van der Waals surface area contributed by atoms with Crippen molar-refractivity contribution in [3.63, 3.8) is 0 Å². The zero-order valence-electron chi connectivity index (χ0n) is 10.4. The van der Waals surface area contributed by atoms with Gasteiger partial charge in [-0.2, -0.15) is 0 Å². The second-order valence-electron chi connectivity index (χ2n) is 4.79. The van der Waals surface area contributed by atoms with Crippen molar-refractivity contribution in [2.45, 2.75) is 31.4 Å². The predicted octanol–water partition coefficient (Wildman–Crippen LogP) is 3.37. The number of nitrogens with zero attached hydrogens (tertiary/aromatic N) is 1. The maximum atomic E-state index is 12.5. The fourth-order valence-electron chi connectivity index (χ4n) is 2.23. The molecule has 1 aliphatic rings. The molecule has 5 heteroatoms. The monoisotopic (exact) mass is 265 g/mol. The van der Waals surface area contributed by atoms with Crippen LogP contribution in [0.15, 0.2) is 18.2 Å². The number of carbonyl (C=O) groups excluding carboxylic acids is 1. The van der Waals surface area contributed by atoms with Crippen LogP contribution in [0.3, 0.4) is 0 Å². The molecule has 1 aromatic carbocycles. The number of hydrogen-bond donors (Lipinski definition) is 0. The van der Waals surface area contributed by atoms with Crippen molar-refractivity contribution in [3.8, 4) is 0 Å².